The molecule has 0 saturated carbocycles. The molecule has 10 heteroatoms. The molecule has 1 amide bonds. The number of nitrogens with one attached hydrogen (secondary N) is 2. The molecular weight excluding hydrogens is 462 g/mol. The highest BCUT2D eigenvalue weighted by Crippen LogP contribution is 2.20. The van der Waals surface area contributed by atoms with E-state index in [1.165, 1.54) is 48.5 Å². The van der Waals surface area contributed by atoms with Crippen molar-refractivity contribution in [3.8, 4) is 0 Å². The smallest absolute Gasteiger partial charge is 0.269 e. The molecule has 29 heavy (non-hydrogen) atoms. The number of nitro groups is 1. The normalized spacial score (nSPS) is 10.9. The zero-order valence-corrected chi connectivity index (χ0v) is 17.1. The molecule has 3 aromatic rings. The predicted molar refractivity (Wildman–Crippen MR) is 112 cm³/mol. The summed E-state index contributed by atoms with van der Waals surface area (Å²) in [6.45, 7) is 0. The number of nitrogens with zero attached hydrogens (tertiary/aromatic N) is 1. The Hall–Kier alpha value is -3.24. The molecule has 0 unspecified atom stereocenters. The van der Waals surface area contributed by atoms with Crippen LogP contribution in [0.4, 0.5) is 17.1 Å². The van der Waals surface area contributed by atoms with Gasteiger partial charge < -0.3 is 5.32 Å². The number of hydrogen-bond acceptors (Lipinski definition) is 5. The van der Waals surface area contributed by atoms with Gasteiger partial charge in [-0.25, -0.2) is 8.42 Å². The van der Waals surface area contributed by atoms with Crippen LogP contribution in [0.15, 0.2) is 82.2 Å². The molecule has 0 aromatic heterocycles. The first-order chi connectivity index (χ1) is 13.7. The molecule has 0 heterocycles. The summed E-state index contributed by atoms with van der Waals surface area (Å²) in [7, 11) is -3.80. The van der Waals surface area contributed by atoms with Gasteiger partial charge >= 0.3 is 0 Å². The molecule has 2 N–H and O–H groups in total. The first-order valence-corrected chi connectivity index (χ1v) is 10.5. The number of benzene rings is 3. The van der Waals surface area contributed by atoms with Crippen LogP contribution >= 0.6 is 15.9 Å². The third-order valence-corrected chi connectivity index (χ3v) is 5.79. The maximum absolute atomic E-state index is 12.5. The van der Waals surface area contributed by atoms with Crippen molar-refractivity contribution < 1.29 is 18.1 Å². The largest absolute Gasteiger partial charge is 0.322 e. The molecule has 3 aromatic carbocycles. The van der Waals surface area contributed by atoms with Crippen LogP contribution in [0.5, 0.6) is 0 Å². The van der Waals surface area contributed by atoms with E-state index in [2.05, 4.69) is 26.0 Å². The second-order valence-corrected chi connectivity index (χ2v) is 8.49. The van der Waals surface area contributed by atoms with E-state index in [-0.39, 0.29) is 16.1 Å². The first-order valence-electron chi connectivity index (χ1n) is 8.19. The lowest BCUT2D eigenvalue weighted by Gasteiger charge is -2.09. The Morgan fingerprint density at radius 3 is 1.97 bits per heavy atom. The molecule has 0 aliphatic rings. The fourth-order valence-electron chi connectivity index (χ4n) is 2.39. The van der Waals surface area contributed by atoms with E-state index >= 15 is 0 Å². The number of carbonyl (C=O) groups is 1. The molecule has 148 valence electrons. The van der Waals surface area contributed by atoms with Crippen molar-refractivity contribution in [2.45, 2.75) is 4.90 Å². The van der Waals surface area contributed by atoms with Gasteiger partial charge in [-0.1, -0.05) is 15.9 Å². The van der Waals surface area contributed by atoms with Crippen molar-refractivity contribution >= 4 is 48.9 Å². The molecular formula is C19H14BrN3O5S. The van der Waals surface area contributed by atoms with Gasteiger partial charge in [0.05, 0.1) is 9.82 Å². The Morgan fingerprint density at radius 2 is 1.41 bits per heavy atom. The number of nitro benzene ring substituents is 1. The minimum atomic E-state index is -3.80. The van der Waals surface area contributed by atoms with Gasteiger partial charge in [0.2, 0.25) is 0 Å². The lowest BCUT2D eigenvalue weighted by molar-refractivity contribution is -0.384. The summed E-state index contributed by atoms with van der Waals surface area (Å²) < 4.78 is 28.2. The number of rotatable bonds is 6. The average molecular weight is 476 g/mol. The van der Waals surface area contributed by atoms with E-state index in [1.54, 1.807) is 24.3 Å². The molecule has 8 nitrogen and oxygen atoms in total. The highest BCUT2D eigenvalue weighted by molar-refractivity contribution is 9.10. The summed E-state index contributed by atoms with van der Waals surface area (Å²) in [5.41, 5.74) is 0.948. The Labute approximate surface area is 174 Å². The molecule has 3 rings (SSSR count). The van der Waals surface area contributed by atoms with Crippen LogP contribution in [-0.4, -0.2) is 19.2 Å². The third-order valence-electron chi connectivity index (χ3n) is 3.86. The average Bonchev–Trinajstić information content (AvgIpc) is 2.70. The van der Waals surface area contributed by atoms with Gasteiger partial charge in [-0.05, 0) is 60.7 Å². The summed E-state index contributed by atoms with van der Waals surface area (Å²) in [5, 5.41) is 13.3. The Morgan fingerprint density at radius 1 is 0.862 bits per heavy atom. The van der Waals surface area contributed by atoms with Crippen LogP contribution in [0.3, 0.4) is 0 Å². The maximum Gasteiger partial charge on any atom is 0.269 e. The van der Waals surface area contributed by atoms with Crippen molar-refractivity contribution in [3.63, 3.8) is 0 Å². The quantitative estimate of drug-likeness (QED) is 0.404. The molecule has 0 radical (unpaired) electrons. The molecule has 0 fully saturated rings. The van der Waals surface area contributed by atoms with E-state index in [0.29, 0.717) is 11.4 Å². The maximum atomic E-state index is 12.5. The van der Waals surface area contributed by atoms with Crippen molar-refractivity contribution in [2.24, 2.45) is 0 Å². The minimum Gasteiger partial charge on any atom is -0.322 e. The van der Waals surface area contributed by atoms with Crippen LogP contribution < -0.4 is 10.0 Å². The number of amides is 1. The number of hydrogen-bond donors (Lipinski definition) is 2. The van der Waals surface area contributed by atoms with Crippen molar-refractivity contribution in [1.29, 1.82) is 0 Å². The van der Waals surface area contributed by atoms with Gasteiger partial charge in [0.15, 0.2) is 0 Å². The molecule has 0 bridgehead atoms. The van der Waals surface area contributed by atoms with Crippen LogP contribution in [0, 0.1) is 10.1 Å². The predicted octanol–water partition coefficient (Wildman–Crippen LogP) is 4.41. The van der Waals surface area contributed by atoms with Crippen LogP contribution in [-0.2, 0) is 10.0 Å². The first kappa shape index (κ1) is 20.5. The van der Waals surface area contributed by atoms with Crippen molar-refractivity contribution in [2.75, 3.05) is 10.0 Å². The molecule has 0 aliphatic heterocycles. The van der Waals surface area contributed by atoms with Gasteiger partial charge in [-0.2, -0.15) is 0 Å². The Kier molecular flexibility index (Phi) is 5.95. The SMILES string of the molecule is O=C(Nc1ccc([N+](=O)[O-])cc1)c1ccc(S(=O)(=O)Nc2ccc(Br)cc2)cc1. The molecule has 0 atom stereocenters. The highest BCUT2D eigenvalue weighted by Gasteiger charge is 2.15. The monoisotopic (exact) mass is 475 g/mol. The number of non-ortho nitro benzene ring substituents is 1. The Balaban J connectivity index is 1.70. The summed E-state index contributed by atoms with van der Waals surface area (Å²) in [6, 6.07) is 17.5. The third kappa shape index (κ3) is 5.18. The summed E-state index contributed by atoms with van der Waals surface area (Å²) in [5.74, 6) is -0.469. The highest BCUT2D eigenvalue weighted by atomic mass is 79.9. The zero-order chi connectivity index (χ0) is 21.0. The van der Waals surface area contributed by atoms with Gasteiger partial charge in [-0.15, -0.1) is 0 Å². The summed E-state index contributed by atoms with van der Waals surface area (Å²) in [4.78, 5) is 22.4. The van der Waals surface area contributed by atoms with Crippen molar-refractivity contribution in [1.82, 2.24) is 0 Å². The molecule has 0 spiro atoms. The van der Waals surface area contributed by atoms with Crippen LogP contribution in [0.2, 0.25) is 0 Å². The van der Waals surface area contributed by atoms with E-state index in [9.17, 15) is 23.3 Å². The summed E-state index contributed by atoms with van der Waals surface area (Å²) in [6.07, 6.45) is 0. The number of halogens is 1. The zero-order valence-electron chi connectivity index (χ0n) is 14.7. The second-order valence-electron chi connectivity index (χ2n) is 5.89. The van der Waals surface area contributed by atoms with Gasteiger partial charge in [0.25, 0.3) is 21.6 Å². The topological polar surface area (TPSA) is 118 Å². The van der Waals surface area contributed by atoms with Crippen LogP contribution in [0.25, 0.3) is 0 Å². The Bertz CT molecular complexity index is 1150. The van der Waals surface area contributed by atoms with Crippen molar-refractivity contribution in [3.05, 3.63) is 92.9 Å². The second kappa shape index (κ2) is 8.41. The van der Waals surface area contributed by atoms with E-state index in [4.69, 9.17) is 0 Å². The number of anilines is 2. The fourth-order valence-corrected chi connectivity index (χ4v) is 3.71. The lowest BCUT2D eigenvalue weighted by atomic mass is 10.2. The lowest BCUT2D eigenvalue weighted by Crippen LogP contribution is -2.14. The summed E-state index contributed by atoms with van der Waals surface area (Å²) >= 11 is 3.28. The standard InChI is InChI=1S/C19H14BrN3O5S/c20-14-3-5-16(6-4-14)22-29(27,28)18-11-1-13(2-12-18)19(24)21-15-7-9-17(10-8-15)23(25)26/h1-12,22H,(H,21,24). The molecule has 0 saturated heterocycles. The van der Waals surface area contributed by atoms with Gasteiger partial charge in [0, 0.05) is 33.5 Å². The van der Waals surface area contributed by atoms with E-state index < -0.39 is 20.9 Å². The minimum absolute atomic E-state index is 0.00676. The fraction of sp³-hybridized carbons (Fsp3) is 0. The van der Waals surface area contributed by atoms with E-state index in [1.807, 2.05) is 0 Å². The molecule has 0 aliphatic carbocycles. The number of sulfonamides is 1. The van der Waals surface area contributed by atoms with Gasteiger partial charge in [0.1, 0.15) is 0 Å². The van der Waals surface area contributed by atoms with Crippen LogP contribution in [0.1, 0.15) is 10.4 Å². The van der Waals surface area contributed by atoms with Gasteiger partial charge in [-0.3, -0.25) is 19.6 Å². The van der Waals surface area contributed by atoms with E-state index in [0.717, 1.165) is 4.47 Å². The number of carbonyl (C=O) groups excluding carboxylic acids is 1.